The Kier molecular flexibility index (Phi) is 4.16. The maximum Gasteiger partial charge on any atom is 0.284 e. The van der Waals surface area contributed by atoms with Crippen LogP contribution in [0.15, 0.2) is 46.0 Å². The van der Waals surface area contributed by atoms with Gasteiger partial charge in [0.25, 0.3) is 5.56 Å². The Hall–Kier alpha value is -3.53. The smallest absolute Gasteiger partial charge is 0.284 e. The molecule has 0 bridgehead atoms. The lowest BCUT2D eigenvalue weighted by molar-refractivity contribution is -0.116. The van der Waals surface area contributed by atoms with Gasteiger partial charge >= 0.3 is 0 Å². The van der Waals surface area contributed by atoms with E-state index < -0.39 is 11.5 Å². The summed E-state index contributed by atoms with van der Waals surface area (Å²) in [5.41, 5.74) is 0.515. The van der Waals surface area contributed by atoms with Crippen molar-refractivity contribution in [1.29, 1.82) is 0 Å². The van der Waals surface area contributed by atoms with Crippen LogP contribution in [0.2, 0.25) is 5.02 Å². The number of nitrogens with one attached hydrogen (secondary N) is 1. The molecule has 0 unspecified atom stereocenters. The Labute approximate surface area is 156 Å². The van der Waals surface area contributed by atoms with Crippen LogP contribution in [0.25, 0.3) is 16.9 Å². The molecule has 0 aliphatic carbocycles. The van der Waals surface area contributed by atoms with Crippen molar-refractivity contribution in [2.45, 2.75) is 13.5 Å². The van der Waals surface area contributed by atoms with Gasteiger partial charge in [-0.2, -0.15) is 4.68 Å². The van der Waals surface area contributed by atoms with Crippen molar-refractivity contribution in [1.82, 2.24) is 29.7 Å². The first-order valence-corrected chi connectivity index (χ1v) is 8.19. The largest absolute Gasteiger partial charge is 0.360 e. The summed E-state index contributed by atoms with van der Waals surface area (Å²) >= 11 is 5.88. The number of anilines is 1. The third kappa shape index (κ3) is 3.29. The normalized spacial score (nSPS) is 11.0. The zero-order chi connectivity index (χ0) is 19.0. The minimum atomic E-state index is -0.480. The van der Waals surface area contributed by atoms with Crippen molar-refractivity contribution in [2.24, 2.45) is 0 Å². The van der Waals surface area contributed by atoms with Crippen LogP contribution in [0.4, 0.5) is 5.82 Å². The van der Waals surface area contributed by atoms with Gasteiger partial charge in [0.05, 0.1) is 5.69 Å². The topological polar surface area (TPSA) is 121 Å². The molecular formula is C16H12ClN7O3. The highest BCUT2D eigenvalue weighted by Crippen LogP contribution is 2.15. The average molecular weight is 386 g/mol. The fourth-order valence-corrected chi connectivity index (χ4v) is 2.60. The van der Waals surface area contributed by atoms with Crippen molar-refractivity contribution < 1.29 is 9.32 Å². The van der Waals surface area contributed by atoms with E-state index in [1.54, 1.807) is 37.3 Å². The lowest BCUT2D eigenvalue weighted by atomic mass is 10.3. The number of hydrogen-bond acceptors (Lipinski definition) is 7. The average Bonchev–Trinajstić information content (AvgIpc) is 3.25. The number of aromatic nitrogens is 6. The summed E-state index contributed by atoms with van der Waals surface area (Å²) in [6, 6.07) is 8.43. The monoisotopic (exact) mass is 385 g/mol. The van der Waals surface area contributed by atoms with Crippen molar-refractivity contribution in [3.8, 4) is 5.69 Å². The fraction of sp³-hybridized carbons (Fsp3) is 0.125. The highest BCUT2D eigenvalue weighted by Gasteiger charge is 2.15. The number of fused-ring (bicyclic) bond motifs is 1. The van der Waals surface area contributed by atoms with Crippen LogP contribution >= 0.6 is 11.6 Å². The van der Waals surface area contributed by atoms with E-state index in [4.69, 9.17) is 16.1 Å². The van der Waals surface area contributed by atoms with E-state index in [0.29, 0.717) is 16.5 Å². The van der Waals surface area contributed by atoms with Gasteiger partial charge in [-0.3, -0.25) is 14.2 Å². The number of carbonyl (C=O) groups is 1. The van der Waals surface area contributed by atoms with Crippen LogP contribution in [-0.2, 0) is 11.3 Å². The molecule has 0 fully saturated rings. The number of amides is 1. The third-order valence-electron chi connectivity index (χ3n) is 3.71. The molecule has 27 heavy (non-hydrogen) atoms. The molecule has 3 heterocycles. The number of halogens is 1. The minimum absolute atomic E-state index is 0.0533. The van der Waals surface area contributed by atoms with Crippen LogP contribution in [0.5, 0.6) is 0 Å². The Morgan fingerprint density at radius 3 is 2.78 bits per heavy atom. The van der Waals surface area contributed by atoms with Gasteiger partial charge in [-0.1, -0.05) is 22.0 Å². The first kappa shape index (κ1) is 16.9. The molecule has 0 aliphatic rings. The lowest BCUT2D eigenvalue weighted by Crippen LogP contribution is -2.28. The first-order valence-electron chi connectivity index (χ1n) is 7.81. The Morgan fingerprint density at radius 1 is 1.30 bits per heavy atom. The van der Waals surface area contributed by atoms with E-state index in [1.165, 1.54) is 11.0 Å². The van der Waals surface area contributed by atoms with Crippen molar-refractivity contribution in [3.63, 3.8) is 0 Å². The number of hydrogen-bond donors (Lipinski definition) is 1. The molecular weight excluding hydrogens is 374 g/mol. The zero-order valence-corrected chi connectivity index (χ0v) is 14.7. The maximum absolute atomic E-state index is 12.6. The van der Waals surface area contributed by atoms with E-state index in [-0.39, 0.29) is 23.5 Å². The van der Waals surface area contributed by atoms with E-state index in [1.807, 2.05) is 0 Å². The SMILES string of the molecule is Cc1cc(NC(=O)Cn2cnc3c(nnn3-c3ccc(Cl)cc3)c2=O)no1. The summed E-state index contributed by atoms with van der Waals surface area (Å²) in [6.45, 7) is 1.45. The van der Waals surface area contributed by atoms with Crippen LogP contribution in [0.3, 0.4) is 0 Å². The van der Waals surface area contributed by atoms with E-state index >= 15 is 0 Å². The quantitative estimate of drug-likeness (QED) is 0.565. The predicted octanol–water partition coefficient (Wildman–Crippen LogP) is 1.57. The summed E-state index contributed by atoms with van der Waals surface area (Å²) in [5, 5.41) is 14.7. The molecule has 136 valence electrons. The molecule has 1 aromatic carbocycles. The number of benzene rings is 1. The molecule has 0 saturated heterocycles. The van der Waals surface area contributed by atoms with Crippen LogP contribution < -0.4 is 10.9 Å². The standard InChI is InChI=1S/C16H12ClN7O3/c1-9-6-12(21-27-9)19-13(25)7-23-8-18-15-14(16(23)26)20-22-24(15)11-4-2-10(17)3-5-11/h2-6,8H,7H2,1H3,(H,19,21,25). The molecule has 10 nitrogen and oxygen atoms in total. The van der Waals surface area contributed by atoms with Crippen molar-refractivity contribution >= 4 is 34.5 Å². The van der Waals surface area contributed by atoms with Gasteiger partial charge in [-0.05, 0) is 31.2 Å². The minimum Gasteiger partial charge on any atom is -0.360 e. The van der Waals surface area contributed by atoms with E-state index in [9.17, 15) is 9.59 Å². The molecule has 0 atom stereocenters. The fourth-order valence-electron chi connectivity index (χ4n) is 2.48. The summed E-state index contributed by atoms with van der Waals surface area (Å²) in [5.74, 6) is 0.384. The second-order valence-electron chi connectivity index (χ2n) is 5.70. The van der Waals surface area contributed by atoms with Crippen LogP contribution in [0, 0.1) is 6.92 Å². The molecule has 0 saturated carbocycles. The molecule has 4 rings (SSSR count). The Balaban J connectivity index is 1.62. The van der Waals surface area contributed by atoms with Gasteiger partial charge in [0, 0.05) is 11.1 Å². The summed E-state index contributed by atoms with van der Waals surface area (Å²) in [7, 11) is 0. The maximum atomic E-state index is 12.6. The second-order valence-corrected chi connectivity index (χ2v) is 6.13. The lowest BCUT2D eigenvalue weighted by Gasteiger charge is -2.05. The van der Waals surface area contributed by atoms with Gasteiger partial charge in [0.1, 0.15) is 18.6 Å². The van der Waals surface area contributed by atoms with Crippen molar-refractivity contribution in [2.75, 3.05) is 5.32 Å². The predicted molar refractivity (Wildman–Crippen MR) is 95.8 cm³/mol. The molecule has 1 amide bonds. The van der Waals surface area contributed by atoms with Crippen molar-refractivity contribution in [3.05, 3.63) is 57.8 Å². The van der Waals surface area contributed by atoms with Crippen LogP contribution in [0.1, 0.15) is 5.76 Å². The summed E-state index contributed by atoms with van der Waals surface area (Å²) < 4.78 is 7.44. The molecule has 0 aliphatic heterocycles. The van der Waals surface area contributed by atoms with Gasteiger partial charge in [-0.25, -0.2) is 4.98 Å². The first-order chi connectivity index (χ1) is 13.0. The zero-order valence-electron chi connectivity index (χ0n) is 14.0. The third-order valence-corrected chi connectivity index (χ3v) is 3.96. The Bertz CT molecular complexity index is 1190. The molecule has 4 aromatic rings. The van der Waals surface area contributed by atoms with Crippen LogP contribution in [-0.4, -0.2) is 35.6 Å². The van der Waals surface area contributed by atoms with E-state index in [0.717, 1.165) is 4.57 Å². The molecule has 3 aromatic heterocycles. The number of rotatable bonds is 4. The van der Waals surface area contributed by atoms with E-state index in [2.05, 4.69) is 25.8 Å². The summed E-state index contributed by atoms with van der Waals surface area (Å²) in [4.78, 5) is 28.9. The number of carbonyl (C=O) groups excluding carboxylic acids is 1. The highest BCUT2D eigenvalue weighted by molar-refractivity contribution is 6.30. The van der Waals surface area contributed by atoms with Gasteiger partial charge in [0.2, 0.25) is 5.91 Å². The molecule has 0 spiro atoms. The summed E-state index contributed by atoms with van der Waals surface area (Å²) in [6.07, 6.45) is 1.27. The van der Waals surface area contributed by atoms with Gasteiger partial charge in [-0.15, -0.1) is 5.10 Å². The molecule has 1 N–H and O–H groups in total. The highest BCUT2D eigenvalue weighted by atomic mass is 35.5. The number of nitrogens with zero attached hydrogens (tertiary/aromatic N) is 6. The van der Waals surface area contributed by atoms with Gasteiger partial charge < -0.3 is 9.84 Å². The van der Waals surface area contributed by atoms with Gasteiger partial charge in [0.15, 0.2) is 17.0 Å². The number of aryl methyl sites for hydroxylation is 1. The molecule has 0 radical (unpaired) electrons. The Morgan fingerprint density at radius 2 is 2.07 bits per heavy atom. The molecule has 11 heteroatoms. The second kappa shape index (κ2) is 6.65.